The molecule has 0 saturated carbocycles. The topological polar surface area (TPSA) is 99.8 Å². The first-order valence-electron chi connectivity index (χ1n) is 5.71. The molecule has 2 heterocycles. The van der Waals surface area contributed by atoms with Gasteiger partial charge < -0.3 is 5.32 Å². The van der Waals surface area contributed by atoms with Crippen molar-refractivity contribution >= 4 is 29.1 Å². The number of amides is 2. The van der Waals surface area contributed by atoms with Gasteiger partial charge in [0.1, 0.15) is 6.33 Å². The monoisotopic (exact) mass is 279 g/mol. The molecule has 2 aromatic heterocycles. The summed E-state index contributed by atoms with van der Waals surface area (Å²) < 4.78 is 0. The summed E-state index contributed by atoms with van der Waals surface area (Å²) in [7, 11) is 0. The molecule has 0 aliphatic heterocycles. The van der Waals surface area contributed by atoms with Crippen LogP contribution in [0.3, 0.4) is 0 Å². The first-order valence-corrected chi connectivity index (χ1v) is 6.65. The third kappa shape index (κ3) is 4.18. The van der Waals surface area contributed by atoms with Crippen molar-refractivity contribution in [3.05, 3.63) is 28.7 Å². The van der Waals surface area contributed by atoms with Crippen LogP contribution in [0.5, 0.6) is 0 Å². The fourth-order valence-electron chi connectivity index (χ4n) is 1.41. The van der Waals surface area contributed by atoms with E-state index in [1.54, 1.807) is 11.4 Å². The molecule has 3 N–H and O–H groups in total. The molecule has 0 atom stereocenters. The summed E-state index contributed by atoms with van der Waals surface area (Å²) >= 11 is 1.47. The molecular weight excluding hydrogens is 266 g/mol. The van der Waals surface area contributed by atoms with Crippen LogP contribution in [0.25, 0.3) is 0 Å². The van der Waals surface area contributed by atoms with Crippen LogP contribution in [0, 0.1) is 0 Å². The summed E-state index contributed by atoms with van der Waals surface area (Å²) in [6, 6.07) is 1.76. The minimum absolute atomic E-state index is 0.114. The van der Waals surface area contributed by atoms with Crippen LogP contribution in [0.4, 0.5) is 5.95 Å². The summed E-state index contributed by atoms with van der Waals surface area (Å²) in [4.78, 5) is 26.8. The maximum atomic E-state index is 11.6. The number of H-pyrrole nitrogens is 1. The SMILES string of the molecule is O=C(CCCNC(=O)c1ccsc1)Nc1ncn[nH]1. The Bertz CT molecular complexity index is 523. The maximum Gasteiger partial charge on any atom is 0.252 e. The number of thiophene rings is 1. The van der Waals surface area contributed by atoms with Crippen LogP contribution < -0.4 is 10.6 Å². The smallest absolute Gasteiger partial charge is 0.252 e. The van der Waals surface area contributed by atoms with E-state index in [9.17, 15) is 9.59 Å². The van der Waals surface area contributed by atoms with E-state index in [1.165, 1.54) is 17.7 Å². The van der Waals surface area contributed by atoms with Gasteiger partial charge in [-0.2, -0.15) is 21.4 Å². The Morgan fingerprint density at radius 1 is 1.42 bits per heavy atom. The Balaban J connectivity index is 1.61. The number of carbonyl (C=O) groups is 2. The number of aromatic amines is 1. The van der Waals surface area contributed by atoms with E-state index in [1.807, 2.05) is 5.38 Å². The molecule has 2 rings (SSSR count). The van der Waals surface area contributed by atoms with Crippen LogP contribution in [-0.2, 0) is 4.79 Å². The summed E-state index contributed by atoms with van der Waals surface area (Å²) in [6.45, 7) is 0.457. The van der Waals surface area contributed by atoms with Crippen molar-refractivity contribution in [2.24, 2.45) is 0 Å². The highest BCUT2D eigenvalue weighted by Gasteiger charge is 2.06. The molecule has 0 saturated heterocycles. The highest BCUT2D eigenvalue weighted by atomic mass is 32.1. The van der Waals surface area contributed by atoms with Crippen molar-refractivity contribution < 1.29 is 9.59 Å². The van der Waals surface area contributed by atoms with E-state index < -0.39 is 0 Å². The molecule has 0 spiro atoms. The molecule has 2 amide bonds. The Labute approximate surface area is 113 Å². The minimum atomic E-state index is -0.165. The highest BCUT2D eigenvalue weighted by Crippen LogP contribution is 2.05. The maximum absolute atomic E-state index is 11.6. The van der Waals surface area contributed by atoms with Crippen LogP contribution in [0.2, 0.25) is 0 Å². The van der Waals surface area contributed by atoms with Crippen LogP contribution in [0.15, 0.2) is 23.2 Å². The zero-order valence-electron chi connectivity index (χ0n) is 10.0. The Morgan fingerprint density at radius 3 is 3.00 bits per heavy atom. The van der Waals surface area contributed by atoms with Crippen molar-refractivity contribution in [3.63, 3.8) is 0 Å². The lowest BCUT2D eigenvalue weighted by Gasteiger charge is -2.03. The van der Waals surface area contributed by atoms with E-state index in [-0.39, 0.29) is 11.8 Å². The lowest BCUT2D eigenvalue weighted by Crippen LogP contribution is -2.25. The molecule has 0 fully saturated rings. The van der Waals surface area contributed by atoms with Gasteiger partial charge in [0.2, 0.25) is 11.9 Å². The fourth-order valence-corrected chi connectivity index (χ4v) is 2.04. The van der Waals surface area contributed by atoms with Gasteiger partial charge in [-0.15, -0.1) is 0 Å². The largest absolute Gasteiger partial charge is 0.352 e. The summed E-state index contributed by atoms with van der Waals surface area (Å²) in [5.74, 6) is 0.0470. The fraction of sp³-hybridized carbons (Fsp3) is 0.273. The Kier molecular flexibility index (Phi) is 4.62. The van der Waals surface area contributed by atoms with Crippen LogP contribution in [0.1, 0.15) is 23.2 Å². The van der Waals surface area contributed by atoms with E-state index >= 15 is 0 Å². The predicted molar refractivity (Wildman–Crippen MR) is 70.9 cm³/mol. The molecule has 100 valence electrons. The van der Waals surface area contributed by atoms with Gasteiger partial charge in [-0.1, -0.05) is 0 Å². The van der Waals surface area contributed by atoms with Crippen molar-refractivity contribution in [1.29, 1.82) is 0 Å². The zero-order chi connectivity index (χ0) is 13.5. The van der Waals surface area contributed by atoms with Gasteiger partial charge in [-0.05, 0) is 17.9 Å². The number of rotatable bonds is 6. The number of hydrogen-bond acceptors (Lipinski definition) is 5. The lowest BCUT2D eigenvalue weighted by molar-refractivity contribution is -0.116. The highest BCUT2D eigenvalue weighted by molar-refractivity contribution is 7.08. The average molecular weight is 279 g/mol. The zero-order valence-corrected chi connectivity index (χ0v) is 10.9. The number of carbonyl (C=O) groups excluding carboxylic acids is 2. The number of nitrogens with one attached hydrogen (secondary N) is 3. The lowest BCUT2D eigenvalue weighted by atomic mass is 10.2. The van der Waals surface area contributed by atoms with Crippen molar-refractivity contribution in [2.45, 2.75) is 12.8 Å². The first-order chi connectivity index (χ1) is 9.25. The van der Waals surface area contributed by atoms with Gasteiger partial charge in [0.25, 0.3) is 5.91 Å². The standard InChI is InChI=1S/C11H13N5O2S/c17-9(15-11-13-7-14-16-11)2-1-4-12-10(18)8-3-5-19-6-8/h3,5-7H,1-2,4H2,(H,12,18)(H2,13,14,15,16,17). The van der Waals surface area contributed by atoms with Gasteiger partial charge in [0.15, 0.2) is 0 Å². The number of hydrogen-bond donors (Lipinski definition) is 3. The van der Waals surface area contributed by atoms with Gasteiger partial charge in [0, 0.05) is 23.9 Å². The molecule has 0 bridgehead atoms. The molecule has 0 unspecified atom stereocenters. The van der Waals surface area contributed by atoms with Crippen molar-refractivity contribution in [2.75, 3.05) is 11.9 Å². The normalized spacial score (nSPS) is 10.1. The van der Waals surface area contributed by atoms with Gasteiger partial charge >= 0.3 is 0 Å². The quantitative estimate of drug-likeness (QED) is 0.687. The number of anilines is 1. The average Bonchev–Trinajstić information content (AvgIpc) is 3.06. The number of aromatic nitrogens is 3. The van der Waals surface area contributed by atoms with Crippen molar-refractivity contribution in [3.8, 4) is 0 Å². The predicted octanol–water partition coefficient (Wildman–Crippen LogP) is 1.01. The second-order valence-corrected chi connectivity index (χ2v) is 4.53. The summed E-state index contributed by atoms with van der Waals surface area (Å²) in [5.41, 5.74) is 0.649. The van der Waals surface area contributed by atoms with E-state index in [0.29, 0.717) is 30.9 Å². The third-order valence-corrected chi connectivity index (χ3v) is 3.01. The number of nitrogens with zero attached hydrogens (tertiary/aromatic N) is 2. The van der Waals surface area contributed by atoms with E-state index in [2.05, 4.69) is 25.8 Å². The molecule has 2 aromatic rings. The molecular formula is C11H13N5O2S. The van der Waals surface area contributed by atoms with Crippen LogP contribution >= 0.6 is 11.3 Å². The van der Waals surface area contributed by atoms with Crippen LogP contribution in [-0.4, -0.2) is 33.5 Å². The molecule has 0 aliphatic carbocycles. The van der Waals surface area contributed by atoms with Gasteiger partial charge in [-0.25, -0.2) is 5.10 Å². The third-order valence-electron chi connectivity index (χ3n) is 2.32. The molecule has 0 aromatic carbocycles. The first kappa shape index (κ1) is 13.2. The molecule has 19 heavy (non-hydrogen) atoms. The molecule has 0 aliphatic rings. The molecule has 8 heteroatoms. The molecule has 7 nitrogen and oxygen atoms in total. The Hall–Kier alpha value is -2.22. The molecule has 0 radical (unpaired) electrons. The van der Waals surface area contributed by atoms with Gasteiger partial charge in [-0.3, -0.25) is 14.9 Å². The van der Waals surface area contributed by atoms with E-state index in [4.69, 9.17) is 0 Å². The second-order valence-electron chi connectivity index (χ2n) is 3.75. The van der Waals surface area contributed by atoms with Gasteiger partial charge in [0.05, 0.1) is 0 Å². The summed E-state index contributed by atoms with van der Waals surface area (Å²) in [6.07, 6.45) is 2.19. The second kappa shape index (κ2) is 6.64. The summed E-state index contributed by atoms with van der Waals surface area (Å²) in [5, 5.41) is 15.1. The Morgan fingerprint density at radius 2 is 2.32 bits per heavy atom. The minimum Gasteiger partial charge on any atom is -0.352 e. The van der Waals surface area contributed by atoms with Crippen molar-refractivity contribution in [1.82, 2.24) is 20.5 Å². The van der Waals surface area contributed by atoms with E-state index in [0.717, 1.165) is 0 Å².